The molecule has 1 aromatic carbocycles. The number of anilines is 1. The van der Waals surface area contributed by atoms with Gasteiger partial charge in [0.1, 0.15) is 10.7 Å². The molecule has 0 atom stereocenters. The molecule has 0 bridgehead atoms. The zero-order chi connectivity index (χ0) is 15.4. The molecule has 0 amide bonds. The summed E-state index contributed by atoms with van der Waals surface area (Å²) >= 11 is 11.6. The van der Waals surface area contributed by atoms with Crippen molar-refractivity contribution in [3.05, 3.63) is 44.3 Å². The number of benzene rings is 1. The molecule has 0 aliphatic rings. The molecule has 1 aromatic heterocycles. The van der Waals surface area contributed by atoms with E-state index in [1.54, 1.807) is 6.07 Å². The van der Waals surface area contributed by atoms with E-state index in [0.717, 1.165) is 0 Å². The van der Waals surface area contributed by atoms with Crippen molar-refractivity contribution in [2.75, 3.05) is 12.5 Å². The van der Waals surface area contributed by atoms with Gasteiger partial charge in [-0.1, -0.05) is 23.2 Å². The van der Waals surface area contributed by atoms with Gasteiger partial charge in [0.25, 0.3) is 5.56 Å². The first-order chi connectivity index (χ1) is 10.0. The van der Waals surface area contributed by atoms with Crippen molar-refractivity contribution in [1.29, 1.82) is 0 Å². The summed E-state index contributed by atoms with van der Waals surface area (Å²) in [6, 6.07) is 3.05. The summed E-state index contributed by atoms with van der Waals surface area (Å²) in [5, 5.41) is 19.4. The summed E-state index contributed by atoms with van der Waals surface area (Å²) in [6.07, 6.45) is 2.75. The Morgan fingerprint density at radius 2 is 2.24 bits per heavy atom. The molecule has 2 aromatic rings. The van der Waals surface area contributed by atoms with E-state index in [4.69, 9.17) is 27.9 Å². The van der Waals surface area contributed by atoms with Crippen molar-refractivity contribution in [2.45, 2.75) is 0 Å². The molecule has 0 saturated carbocycles. The van der Waals surface area contributed by atoms with Crippen LogP contribution in [-0.4, -0.2) is 28.6 Å². The predicted octanol–water partition coefficient (Wildman–Crippen LogP) is 2.24. The van der Waals surface area contributed by atoms with Crippen molar-refractivity contribution in [1.82, 2.24) is 10.2 Å². The minimum atomic E-state index is -0.522. The molecule has 0 aliphatic carbocycles. The lowest BCUT2D eigenvalue weighted by atomic mass is 10.2. The molecule has 7 nitrogen and oxygen atoms in total. The zero-order valence-electron chi connectivity index (χ0n) is 10.7. The number of methoxy groups -OCH3 is 1. The molecule has 0 fully saturated rings. The second-order valence-corrected chi connectivity index (χ2v) is 4.64. The maximum absolute atomic E-state index is 11.2. The number of nitrogens with zero attached hydrogens (tertiary/aromatic N) is 2. The second-order valence-electron chi connectivity index (χ2n) is 3.85. The van der Waals surface area contributed by atoms with Gasteiger partial charge in [-0.05, 0) is 17.7 Å². The Morgan fingerprint density at radius 3 is 2.95 bits per heavy atom. The number of halogens is 2. The highest BCUT2D eigenvalue weighted by atomic mass is 35.5. The van der Waals surface area contributed by atoms with Crippen molar-refractivity contribution in [3.8, 4) is 11.5 Å². The number of nitrogens with one attached hydrogen (secondary N) is 2. The summed E-state index contributed by atoms with van der Waals surface area (Å²) in [6.45, 7) is 0. The fourth-order valence-corrected chi connectivity index (χ4v) is 1.81. The van der Waals surface area contributed by atoms with E-state index in [1.165, 1.54) is 25.6 Å². The van der Waals surface area contributed by atoms with Crippen molar-refractivity contribution in [2.24, 2.45) is 5.10 Å². The lowest BCUT2D eigenvalue weighted by Gasteiger charge is -2.06. The van der Waals surface area contributed by atoms with Crippen LogP contribution in [0.15, 0.2) is 28.2 Å². The van der Waals surface area contributed by atoms with E-state index >= 15 is 0 Å². The first-order valence-corrected chi connectivity index (χ1v) is 6.37. The number of hydrazone groups is 1. The number of aromatic amines is 1. The number of H-pyrrole nitrogens is 1. The smallest absolute Gasteiger partial charge is 0.285 e. The molecule has 0 aliphatic heterocycles. The average molecular weight is 329 g/mol. The maximum Gasteiger partial charge on any atom is 0.285 e. The first-order valence-electron chi connectivity index (χ1n) is 5.61. The molecule has 9 heteroatoms. The Morgan fingerprint density at radius 1 is 1.48 bits per heavy atom. The number of hydrogen-bond acceptors (Lipinski definition) is 6. The van der Waals surface area contributed by atoms with Crippen LogP contribution >= 0.6 is 23.2 Å². The lowest BCUT2D eigenvalue weighted by Crippen LogP contribution is -2.10. The summed E-state index contributed by atoms with van der Waals surface area (Å²) in [4.78, 5) is 11.2. The third-order valence-corrected chi connectivity index (χ3v) is 3.13. The Balaban J connectivity index is 2.20. The summed E-state index contributed by atoms with van der Waals surface area (Å²) in [7, 11) is 1.41. The van der Waals surface area contributed by atoms with Crippen LogP contribution in [0.1, 0.15) is 5.56 Å². The first kappa shape index (κ1) is 15.1. The largest absolute Gasteiger partial charge is 0.503 e. The Bertz CT molecular complexity index is 746. The molecule has 0 spiro atoms. The maximum atomic E-state index is 11.2. The quantitative estimate of drug-likeness (QED) is 0.590. The fraction of sp³-hybridized carbons (Fsp3) is 0.0833. The van der Waals surface area contributed by atoms with Crippen LogP contribution in [0.5, 0.6) is 11.5 Å². The predicted molar refractivity (Wildman–Crippen MR) is 80.8 cm³/mol. The zero-order valence-corrected chi connectivity index (χ0v) is 12.2. The van der Waals surface area contributed by atoms with Crippen LogP contribution < -0.4 is 15.7 Å². The van der Waals surface area contributed by atoms with Gasteiger partial charge < -0.3 is 9.84 Å². The van der Waals surface area contributed by atoms with Gasteiger partial charge in [0.15, 0.2) is 11.5 Å². The van der Waals surface area contributed by atoms with Crippen molar-refractivity contribution < 1.29 is 9.84 Å². The second kappa shape index (κ2) is 6.47. The monoisotopic (exact) mass is 328 g/mol. The van der Waals surface area contributed by atoms with E-state index in [0.29, 0.717) is 5.56 Å². The van der Waals surface area contributed by atoms with Gasteiger partial charge in [-0.25, -0.2) is 5.10 Å². The van der Waals surface area contributed by atoms with Crippen LogP contribution in [0, 0.1) is 0 Å². The SMILES string of the molecule is COc1cc(/C=N/Nc2cn[nH]c(=O)c2Cl)cc(Cl)c1O. The molecule has 21 heavy (non-hydrogen) atoms. The van der Waals surface area contributed by atoms with Crippen LogP contribution in [0.25, 0.3) is 0 Å². The molecule has 0 saturated heterocycles. The van der Waals surface area contributed by atoms with E-state index in [2.05, 4.69) is 20.7 Å². The van der Waals surface area contributed by atoms with Crippen LogP contribution in [0.4, 0.5) is 5.69 Å². The summed E-state index contributed by atoms with van der Waals surface area (Å²) in [5.74, 6) is 0.0749. The standard InChI is InChI=1S/C12H10Cl2N4O3/c1-21-9-3-6(2-7(13)11(9)19)4-15-17-8-5-16-18-12(20)10(8)14/h2-5,19H,1H3,(H2,17,18,20)/b15-4+. The van der Waals surface area contributed by atoms with Crippen molar-refractivity contribution in [3.63, 3.8) is 0 Å². The van der Waals surface area contributed by atoms with E-state index in [1.807, 2.05) is 0 Å². The minimum absolute atomic E-state index is 0.0523. The van der Waals surface area contributed by atoms with Gasteiger partial charge >= 0.3 is 0 Å². The topological polar surface area (TPSA) is 99.6 Å². The normalized spacial score (nSPS) is 10.8. The third-order valence-electron chi connectivity index (χ3n) is 2.46. The summed E-state index contributed by atoms with van der Waals surface area (Å²) in [5.41, 5.74) is 2.90. The summed E-state index contributed by atoms with van der Waals surface area (Å²) < 4.78 is 4.97. The number of phenolic OH excluding ortho intramolecular Hbond substituents is 1. The number of hydrogen-bond donors (Lipinski definition) is 3. The van der Waals surface area contributed by atoms with E-state index < -0.39 is 5.56 Å². The Hall–Kier alpha value is -2.25. The molecule has 110 valence electrons. The molecular weight excluding hydrogens is 319 g/mol. The van der Waals surface area contributed by atoms with Gasteiger partial charge in [-0.3, -0.25) is 10.2 Å². The van der Waals surface area contributed by atoms with Crippen LogP contribution in [0.2, 0.25) is 10.0 Å². The number of phenols is 1. The minimum Gasteiger partial charge on any atom is -0.503 e. The molecular formula is C12H10Cl2N4O3. The van der Waals surface area contributed by atoms with Gasteiger partial charge in [0.2, 0.25) is 0 Å². The Labute approximate surface area is 129 Å². The fourth-order valence-electron chi connectivity index (χ4n) is 1.46. The molecule has 0 radical (unpaired) electrons. The average Bonchev–Trinajstić information content (AvgIpc) is 2.47. The molecule has 1 heterocycles. The number of ether oxygens (including phenoxy) is 1. The van der Waals surface area contributed by atoms with Crippen molar-refractivity contribution >= 4 is 35.1 Å². The van der Waals surface area contributed by atoms with E-state index in [-0.39, 0.29) is 27.2 Å². The molecule has 3 N–H and O–H groups in total. The van der Waals surface area contributed by atoms with E-state index in [9.17, 15) is 9.90 Å². The number of rotatable bonds is 4. The highest BCUT2D eigenvalue weighted by Gasteiger charge is 2.08. The molecule has 0 unspecified atom stereocenters. The van der Waals surface area contributed by atoms with Gasteiger partial charge in [0.05, 0.1) is 24.5 Å². The van der Waals surface area contributed by atoms with Gasteiger partial charge in [-0.2, -0.15) is 10.2 Å². The lowest BCUT2D eigenvalue weighted by molar-refractivity contribution is 0.373. The van der Waals surface area contributed by atoms with Gasteiger partial charge in [0, 0.05) is 0 Å². The highest BCUT2D eigenvalue weighted by Crippen LogP contribution is 2.34. The highest BCUT2D eigenvalue weighted by molar-refractivity contribution is 6.33. The van der Waals surface area contributed by atoms with Gasteiger partial charge in [-0.15, -0.1) is 0 Å². The third kappa shape index (κ3) is 3.45. The van der Waals surface area contributed by atoms with Crippen LogP contribution in [0.3, 0.4) is 0 Å². The number of aromatic hydroxyl groups is 1. The molecule has 2 rings (SSSR count). The number of aromatic nitrogens is 2. The Kier molecular flexibility index (Phi) is 4.66. The van der Waals surface area contributed by atoms with Crippen LogP contribution in [-0.2, 0) is 0 Å².